The molecule has 0 radical (unpaired) electrons. The van der Waals surface area contributed by atoms with Crippen LogP contribution < -0.4 is 4.74 Å². The first-order chi connectivity index (χ1) is 12.1. The molecule has 0 N–H and O–H groups in total. The summed E-state index contributed by atoms with van der Waals surface area (Å²) in [5.41, 5.74) is 6.18. The molecule has 3 heteroatoms. The van der Waals surface area contributed by atoms with E-state index in [9.17, 15) is 0 Å². The topological polar surface area (TPSA) is 12.5 Å². The lowest BCUT2D eigenvalue weighted by Crippen LogP contribution is -2.23. The number of allylic oxidation sites excluding steroid dienone is 5. The minimum Gasteiger partial charge on any atom is -0.487 e. The Morgan fingerprint density at radius 2 is 2.00 bits per heavy atom. The molecule has 0 spiro atoms. The van der Waals surface area contributed by atoms with Crippen molar-refractivity contribution in [3.63, 3.8) is 0 Å². The van der Waals surface area contributed by atoms with E-state index < -0.39 is 0 Å². The Labute approximate surface area is 158 Å². The molecule has 0 saturated carbocycles. The van der Waals surface area contributed by atoms with Gasteiger partial charge in [-0.05, 0) is 74.9 Å². The Morgan fingerprint density at radius 3 is 2.68 bits per heavy atom. The SMILES string of the molecule is C=C(COc1ccc(C)c2c1CCC2)N(CS)C(/C=C\C)=C/C=C\C. The van der Waals surface area contributed by atoms with Crippen molar-refractivity contribution in [3.05, 3.63) is 77.2 Å². The zero-order valence-corrected chi connectivity index (χ0v) is 16.5. The van der Waals surface area contributed by atoms with Crippen LogP contribution in [-0.2, 0) is 12.8 Å². The van der Waals surface area contributed by atoms with Gasteiger partial charge in [-0.15, -0.1) is 0 Å². The van der Waals surface area contributed by atoms with E-state index in [1.54, 1.807) is 0 Å². The van der Waals surface area contributed by atoms with E-state index in [1.165, 1.54) is 29.5 Å². The van der Waals surface area contributed by atoms with Crippen LogP contribution in [0, 0.1) is 6.92 Å². The van der Waals surface area contributed by atoms with E-state index in [0.717, 1.165) is 23.6 Å². The molecule has 2 nitrogen and oxygen atoms in total. The predicted octanol–water partition coefficient (Wildman–Crippen LogP) is 5.60. The molecule has 0 saturated heterocycles. The third-order valence-corrected chi connectivity index (χ3v) is 4.78. The average molecular weight is 356 g/mol. The summed E-state index contributed by atoms with van der Waals surface area (Å²) in [6.45, 7) is 10.9. The Kier molecular flexibility index (Phi) is 7.45. The maximum atomic E-state index is 6.14. The van der Waals surface area contributed by atoms with Gasteiger partial charge in [0.05, 0.1) is 5.88 Å². The molecule has 134 valence electrons. The van der Waals surface area contributed by atoms with Crippen LogP contribution in [-0.4, -0.2) is 17.4 Å². The van der Waals surface area contributed by atoms with Crippen LogP contribution in [0.3, 0.4) is 0 Å². The second kappa shape index (κ2) is 9.57. The molecule has 0 unspecified atom stereocenters. The number of benzene rings is 1. The monoisotopic (exact) mass is 355 g/mol. The summed E-state index contributed by atoms with van der Waals surface area (Å²) in [5.74, 6) is 1.56. The van der Waals surface area contributed by atoms with E-state index in [0.29, 0.717) is 12.5 Å². The summed E-state index contributed by atoms with van der Waals surface area (Å²) in [4.78, 5) is 2.07. The van der Waals surface area contributed by atoms with Gasteiger partial charge in [0.1, 0.15) is 12.4 Å². The summed E-state index contributed by atoms with van der Waals surface area (Å²) in [6, 6.07) is 4.26. The number of rotatable bonds is 8. The second-order valence-corrected chi connectivity index (χ2v) is 6.52. The smallest absolute Gasteiger partial charge is 0.128 e. The number of aryl methyl sites for hydroxylation is 1. The molecule has 1 aliphatic rings. The first kappa shape index (κ1) is 19.5. The van der Waals surface area contributed by atoms with Gasteiger partial charge in [-0.25, -0.2) is 0 Å². The summed E-state index contributed by atoms with van der Waals surface area (Å²) in [7, 11) is 0. The lowest BCUT2D eigenvalue weighted by Gasteiger charge is -2.26. The van der Waals surface area contributed by atoms with Crippen LogP contribution in [0.5, 0.6) is 5.75 Å². The molecule has 0 aliphatic heterocycles. The molecule has 0 bridgehead atoms. The van der Waals surface area contributed by atoms with Crippen molar-refractivity contribution in [2.45, 2.75) is 40.0 Å². The van der Waals surface area contributed by atoms with E-state index in [4.69, 9.17) is 4.74 Å². The largest absolute Gasteiger partial charge is 0.487 e. The highest BCUT2D eigenvalue weighted by Crippen LogP contribution is 2.33. The number of hydrogen-bond donors (Lipinski definition) is 1. The highest BCUT2D eigenvalue weighted by Gasteiger charge is 2.18. The standard InChI is InChI=1S/C22H29NOS/c1-5-7-10-19(9-6-2)23(16-25)18(4)15-24-22-14-13-17(3)20-11-8-12-21(20)22/h5-7,9-10,13-14,25H,4,8,11-12,15-16H2,1-3H3/b7-5-,9-6-,19-10+. The molecule has 2 rings (SSSR count). The highest BCUT2D eigenvalue weighted by molar-refractivity contribution is 7.80. The van der Waals surface area contributed by atoms with Gasteiger partial charge in [0, 0.05) is 11.4 Å². The van der Waals surface area contributed by atoms with Gasteiger partial charge < -0.3 is 9.64 Å². The summed E-state index contributed by atoms with van der Waals surface area (Å²) >= 11 is 4.48. The Hall–Kier alpha value is -1.87. The van der Waals surface area contributed by atoms with Crippen molar-refractivity contribution in [1.82, 2.24) is 4.90 Å². The first-order valence-electron chi connectivity index (χ1n) is 8.88. The van der Waals surface area contributed by atoms with Crippen molar-refractivity contribution in [3.8, 4) is 5.75 Å². The molecule has 0 heterocycles. The van der Waals surface area contributed by atoms with Gasteiger partial charge in [0.2, 0.25) is 0 Å². The lowest BCUT2D eigenvalue weighted by molar-refractivity contribution is 0.310. The maximum absolute atomic E-state index is 6.14. The lowest BCUT2D eigenvalue weighted by atomic mass is 10.0. The molecule has 0 atom stereocenters. The molecular formula is C22H29NOS. The van der Waals surface area contributed by atoms with Crippen LogP contribution in [0.25, 0.3) is 0 Å². The van der Waals surface area contributed by atoms with Crippen LogP contribution in [0.2, 0.25) is 0 Å². The molecule has 1 aliphatic carbocycles. The van der Waals surface area contributed by atoms with Crippen molar-refractivity contribution >= 4 is 12.6 Å². The van der Waals surface area contributed by atoms with E-state index in [1.807, 2.05) is 32.1 Å². The number of fused-ring (bicyclic) bond motifs is 1. The van der Waals surface area contributed by atoms with E-state index in [-0.39, 0.29) is 0 Å². The Bertz CT molecular complexity index is 700. The number of nitrogens with zero attached hydrogens (tertiary/aromatic N) is 1. The van der Waals surface area contributed by atoms with E-state index >= 15 is 0 Å². The van der Waals surface area contributed by atoms with Crippen molar-refractivity contribution in [2.75, 3.05) is 12.5 Å². The van der Waals surface area contributed by atoms with Gasteiger partial charge in [0.25, 0.3) is 0 Å². The van der Waals surface area contributed by atoms with Crippen molar-refractivity contribution < 1.29 is 4.74 Å². The molecule has 0 aromatic heterocycles. The zero-order chi connectivity index (χ0) is 18.2. The first-order valence-corrected chi connectivity index (χ1v) is 9.51. The zero-order valence-electron chi connectivity index (χ0n) is 15.6. The van der Waals surface area contributed by atoms with Gasteiger partial charge >= 0.3 is 0 Å². The third kappa shape index (κ3) is 4.82. The van der Waals surface area contributed by atoms with Crippen LogP contribution in [0.15, 0.2) is 60.5 Å². The molecule has 0 amide bonds. The number of ether oxygens (including phenoxy) is 1. The Morgan fingerprint density at radius 1 is 1.24 bits per heavy atom. The molecular weight excluding hydrogens is 326 g/mol. The maximum Gasteiger partial charge on any atom is 0.128 e. The van der Waals surface area contributed by atoms with Crippen molar-refractivity contribution in [1.29, 1.82) is 0 Å². The van der Waals surface area contributed by atoms with Crippen molar-refractivity contribution in [2.24, 2.45) is 0 Å². The van der Waals surface area contributed by atoms with Gasteiger partial charge in [-0.2, -0.15) is 12.6 Å². The second-order valence-electron chi connectivity index (χ2n) is 6.23. The fraction of sp³-hybridized carbons (Fsp3) is 0.364. The normalized spacial score (nSPS) is 14.3. The van der Waals surface area contributed by atoms with Crippen LogP contribution in [0.4, 0.5) is 0 Å². The Balaban J connectivity index is 2.12. The summed E-state index contributed by atoms with van der Waals surface area (Å²) in [5, 5.41) is 0. The van der Waals surface area contributed by atoms with Gasteiger partial charge in [-0.1, -0.05) is 30.9 Å². The molecule has 25 heavy (non-hydrogen) atoms. The summed E-state index contributed by atoms with van der Waals surface area (Å²) < 4.78 is 6.14. The van der Waals surface area contributed by atoms with Gasteiger partial charge in [0.15, 0.2) is 0 Å². The summed E-state index contributed by atoms with van der Waals surface area (Å²) in [6.07, 6.45) is 13.7. The number of hydrogen-bond acceptors (Lipinski definition) is 3. The molecule has 1 aromatic carbocycles. The van der Waals surface area contributed by atoms with Crippen LogP contribution in [0.1, 0.15) is 37.0 Å². The minimum atomic E-state index is 0.459. The predicted molar refractivity (Wildman–Crippen MR) is 111 cm³/mol. The van der Waals surface area contributed by atoms with Crippen LogP contribution >= 0.6 is 12.6 Å². The van der Waals surface area contributed by atoms with E-state index in [2.05, 4.69) is 55.3 Å². The highest BCUT2D eigenvalue weighted by atomic mass is 32.1. The molecule has 0 fully saturated rings. The number of thiol groups is 1. The quantitative estimate of drug-likeness (QED) is 0.370. The van der Waals surface area contributed by atoms with Gasteiger partial charge in [-0.3, -0.25) is 0 Å². The third-order valence-electron chi connectivity index (χ3n) is 4.50. The fourth-order valence-electron chi connectivity index (χ4n) is 3.19. The fourth-order valence-corrected chi connectivity index (χ4v) is 3.56. The molecule has 1 aromatic rings. The minimum absolute atomic E-state index is 0.459. The average Bonchev–Trinajstić information content (AvgIpc) is 3.10.